The van der Waals surface area contributed by atoms with Gasteiger partial charge in [0, 0.05) is 29.9 Å². The fourth-order valence-corrected chi connectivity index (χ4v) is 3.10. The summed E-state index contributed by atoms with van der Waals surface area (Å²) in [6.45, 7) is 2.43. The zero-order chi connectivity index (χ0) is 15.2. The minimum Gasteiger partial charge on any atom is -0.490 e. The second-order valence-electron chi connectivity index (χ2n) is 5.70. The Morgan fingerprint density at radius 1 is 1.27 bits per heavy atom. The van der Waals surface area contributed by atoms with E-state index in [-0.39, 0.29) is 12.1 Å². The van der Waals surface area contributed by atoms with Crippen LogP contribution < -0.4 is 10.5 Å². The Bertz CT molecular complexity index is 747. The summed E-state index contributed by atoms with van der Waals surface area (Å²) in [7, 11) is 0. The van der Waals surface area contributed by atoms with E-state index in [2.05, 4.69) is 21.0 Å². The molecule has 0 saturated heterocycles. The molecule has 0 amide bonds. The molecule has 0 bridgehead atoms. The third-order valence-electron chi connectivity index (χ3n) is 4.32. The van der Waals surface area contributed by atoms with Gasteiger partial charge in [0.1, 0.15) is 30.3 Å². The number of nitrogens with zero attached hydrogens (tertiary/aromatic N) is 3. The quantitative estimate of drug-likeness (QED) is 0.863. The average molecular weight is 296 g/mol. The van der Waals surface area contributed by atoms with Crippen LogP contribution in [0.5, 0.6) is 5.75 Å². The van der Waals surface area contributed by atoms with Gasteiger partial charge in [-0.3, -0.25) is 0 Å². The summed E-state index contributed by atoms with van der Waals surface area (Å²) in [6.07, 6.45) is 5.74. The normalized spacial score (nSPS) is 26.0. The number of amidine groups is 1. The maximum atomic E-state index is 6.07. The van der Waals surface area contributed by atoms with Crippen molar-refractivity contribution >= 4 is 6.02 Å². The molecular formula is C16H16N4O2. The van der Waals surface area contributed by atoms with Crippen molar-refractivity contribution in [3.8, 4) is 16.9 Å². The zero-order valence-corrected chi connectivity index (χ0v) is 12.2. The molecular weight excluding hydrogens is 280 g/mol. The van der Waals surface area contributed by atoms with E-state index in [9.17, 15) is 0 Å². The van der Waals surface area contributed by atoms with Crippen molar-refractivity contribution in [2.24, 2.45) is 10.7 Å². The van der Waals surface area contributed by atoms with Gasteiger partial charge in [-0.15, -0.1) is 0 Å². The van der Waals surface area contributed by atoms with Crippen molar-refractivity contribution in [1.29, 1.82) is 0 Å². The van der Waals surface area contributed by atoms with Crippen LogP contribution in [0.25, 0.3) is 11.1 Å². The van der Waals surface area contributed by atoms with Crippen LogP contribution in [0.3, 0.4) is 0 Å². The average Bonchev–Trinajstić information content (AvgIpc) is 2.80. The minimum absolute atomic E-state index is 0.0932. The molecule has 6 heteroatoms. The molecule has 112 valence electrons. The Morgan fingerprint density at radius 2 is 2.09 bits per heavy atom. The molecule has 1 aromatic heterocycles. The number of hydrogen-bond acceptors (Lipinski definition) is 6. The molecule has 2 aliphatic rings. The first-order valence-electron chi connectivity index (χ1n) is 7.20. The summed E-state index contributed by atoms with van der Waals surface area (Å²) in [5, 5.41) is 0. The summed E-state index contributed by atoms with van der Waals surface area (Å²) in [5.74, 6) is 0.871. The lowest BCUT2D eigenvalue weighted by molar-refractivity contribution is 0.0933. The monoisotopic (exact) mass is 296 g/mol. The molecule has 22 heavy (non-hydrogen) atoms. The summed E-state index contributed by atoms with van der Waals surface area (Å²) in [6, 6.07) is 6.33. The van der Waals surface area contributed by atoms with Crippen LogP contribution in [-0.4, -0.2) is 34.2 Å². The maximum absolute atomic E-state index is 6.07. The Labute approximate surface area is 128 Å². The van der Waals surface area contributed by atoms with E-state index in [1.54, 1.807) is 12.4 Å². The zero-order valence-electron chi connectivity index (χ0n) is 12.2. The summed E-state index contributed by atoms with van der Waals surface area (Å²) >= 11 is 0. The number of ether oxygens (including phenoxy) is 2. The van der Waals surface area contributed by atoms with Gasteiger partial charge in [-0.1, -0.05) is 18.2 Å². The topological polar surface area (TPSA) is 82.6 Å². The highest BCUT2D eigenvalue weighted by Gasteiger charge is 2.47. The Kier molecular flexibility index (Phi) is 2.79. The Morgan fingerprint density at radius 3 is 2.82 bits per heavy atom. The van der Waals surface area contributed by atoms with E-state index >= 15 is 0 Å². The molecule has 3 heterocycles. The van der Waals surface area contributed by atoms with Crippen molar-refractivity contribution < 1.29 is 9.47 Å². The van der Waals surface area contributed by atoms with Gasteiger partial charge < -0.3 is 15.2 Å². The number of aliphatic imine (C=N–C) groups is 1. The standard InChI is InChI=1S/C16H16N4O2/c1-10-16(20-15(17)22-10)5-11-3-2-4-13(14(11)21-8-16)12-6-18-9-19-7-12/h2-4,6-7,9-10H,5,8H2,1H3,(H2,17,20)/t10-,16-/m1/s1. The molecule has 4 rings (SSSR count). The third-order valence-corrected chi connectivity index (χ3v) is 4.32. The van der Waals surface area contributed by atoms with Gasteiger partial charge in [0.15, 0.2) is 0 Å². The number of fused-ring (bicyclic) bond motifs is 1. The molecule has 0 fully saturated rings. The number of benzene rings is 1. The first-order valence-corrected chi connectivity index (χ1v) is 7.20. The van der Waals surface area contributed by atoms with Crippen molar-refractivity contribution in [3.63, 3.8) is 0 Å². The molecule has 0 saturated carbocycles. The van der Waals surface area contributed by atoms with Gasteiger partial charge in [0.25, 0.3) is 6.02 Å². The van der Waals surface area contributed by atoms with Crippen LogP contribution >= 0.6 is 0 Å². The largest absolute Gasteiger partial charge is 0.490 e. The summed E-state index contributed by atoms with van der Waals surface area (Å²) < 4.78 is 11.6. The number of para-hydroxylation sites is 1. The molecule has 0 radical (unpaired) electrons. The van der Waals surface area contributed by atoms with Gasteiger partial charge in [0.2, 0.25) is 0 Å². The van der Waals surface area contributed by atoms with Crippen LogP contribution in [0.1, 0.15) is 12.5 Å². The summed E-state index contributed by atoms with van der Waals surface area (Å²) in [5.41, 5.74) is 8.33. The van der Waals surface area contributed by atoms with Gasteiger partial charge in [-0.05, 0) is 12.5 Å². The van der Waals surface area contributed by atoms with Crippen LogP contribution in [0, 0.1) is 0 Å². The van der Waals surface area contributed by atoms with Crippen LogP contribution in [0.4, 0.5) is 0 Å². The van der Waals surface area contributed by atoms with Gasteiger partial charge in [-0.2, -0.15) is 0 Å². The van der Waals surface area contributed by atoms with Gasteiger partial charge >= 0.3 is 0 Å². The Balaban J connectivity index is 1.76. The molecule has 0 aliphatic carbocycles. The molecule has 1 spiro atoms. The van der Waals surface area contributed by atoms with E-state index in [1.807, 2.05) is 19.1 Å². The van der Waals surface area contributed by atoms with E-state index in [4.69, 9.17) is 15.2 Å². The highest BCUT2D eigenvalue weighted by atomic mass is 16.5. The highest BCUT2D eigenvalue weighted by Crippen LogP contribution is 2.41. The van der Waals surface area contributed by atoms with E-state index < -0.39 is 5.54 Å². The van der Waals surface area contributed by atoms with Gasteiger partial charge in [0.05, 0.1) is 0 Å². The van der Waals surface area contributed by atoms with E-state index in [1.165, 1.54) is 6.33 Å². The Hall–Kier alpha value is -2.63. The van der Waals surface area contributed by atoms with Crippen molar-refractivity contribution in [3.05, 3.63) is 42.5 Å². The number of aromatic nitrogens is 2. The summed E-state index contributed by atoms with van der Waals surface area (Å²) in [4.78, 5) is 12.6. The van der Waals surface area contributed by atoms with Crippen LogP contribution in [-0.2, 0) is 11.2 Å². The molecule has 2 atom stereocenters. The SMILES string of the molecule is C[C@H]1OC(N)=N[C@]12COc1c(cccc1-c1cncnc1)C2. The van der Waals surface area contributed by atoms with Crippen molar-refractivity contribution in [2.75, 3.05) is 6.61 Å². The molecule has 0 unspecified atom stereocenters. The van der Waals surface area contributed by atoms with E-state index in [0.717, 1.165) is 28.9 Å². The highest BCUT2D eigenvalue weighted by molar-refractivity contribution is 5.75. The molecule has 2 aliphatic heterocycles. The predicted octanol–water partition coefficient (Wildman–Crippen LogP) is 1.55. The second kappa shape index (κ2) is 4.69. The second-order valence-corrected chi connectivity index (χ2v) is 5.70. The maximum Gasteiger partial charge on any atom is 0.283 e. The predicted molar refractivity (Wildman–Crippen MR) is 81.6 cm³/mol. The first-order chi connectivity index (χ1) is 10.7. The molecule has 2 N–H and O–H groups in total. The van der Waals surface area contributed by atoms with Crippen LogP contribution in [0.15, 0.2) is 41.9 Å². The number of nitrogens with two attached hydrogens (primary N) is 1. The fourth-order valence-electron chi connectivity index (χ4n) is 3.10. The van der Waals surface area contributed by atoms with Gasteiger partial charge in [-0.25, -0.2) is 15.0 Å². The smallest absolute Gasteiger partial charge is 0.283 e. The molecule has 2 aromatic rings. The fraction of sp³-hybridized carbons (Fsp3) is 0.312. The van der Waals surface area contributed by atoms with Crippen LogP contribution in [0.2, 0.25) is 0 Å². The minimum atomic E-state index is -0.428. The lowest BCUT2D eigenvalue weighted by Crippen LogP contribution is -2.46. The first kappa shape index (κ1) is 13.1. The molecule has 1 aromatic carbocycles. The van der Waals surface area contributed by atoms with Crippen molar-refractivity contribution in [1.82, 2.24) is 9.97 Å². The van der Waals surface area contributed by atoms with E-state index in [0.29, 0.717) is 6.61 Å². The molecule has 6 nitrogen and oxygen atoms in total. The number of rotatable bonds is 1. The lowest BCUT2D eigenvalue weighted by atomic mass is 9.84. The third kappa shape index (κ3) is 1.91. The lowest BCUT2D eigenvalue weighted by Gasteiger charge is -2.34. The van der Waals surface area contributed by atoms with Crippen molar-refractivity contribution in [2.45, 2.75) is 25.0 Å². The number of hydrogen-bond donors (Lipinski definition) is 1.